The van der Waals surface area contributed by atoms with Gasteiger partial charge in [0.15, 0.2) is 0 Å². The van der Waals surface area contributed by atoms with Crippen molar-refractivity contribution in [2.45, 2.75) is 31.8 Å². The first-order valence-electron chi connectivity index (χ1n) is 8.54. The van der Waals surface area contributed by atoms with Crippen molar-refractivity contribution in [1.29, 1.82) is 0 Å². The zero-order valence-electron chi connectivity index (χ0n) is 14.0. The van der Waals surface area contributed by atoms with Gasteiger partial charge in [-0.1, -0.05) is 18.6 Å². The molecule has 2 amide bonds. The van der Waals surface area contributed by atoms with Gasteiger partial charge in [-0.2, -0.15) is 0 Å². The molecular formula is C19H22N4O2. The number of hydrogen-bond donors (Lipinski definition) is 3. The van der Waals surface area contributed by atoms with E-state index in [1.54, 1.807) is 24.5 Å². The van der Waals surface area contributed by atoms with E-state index in [2.05, 4.69) is 20.9 Å². The second-order valence-electron chi connectivity index (χ2n) is 6.11. The number of nitrogens with one attached hydrogen (secondary N) is 3. The molecule has 0 aliphatic carbocycles. The van der Waals surface area contributed by atoms with Crippen molar-refractivity contribution in [3.63, 3.8) is 0 Å². The van der Waals surface area contributed by atoms with Crippen LogP contribution in [0.2, 0.25) is 0 Å². The number of carbonyl (C=O) groups is 2. The van der Waals surface area contributed by atoms with Crippen LogP contribution >= 0.6 is 0 Å². The van der Waals surface area contributed by atoms with Crippen LogP contribution in [0.25, 0.3) is 0 Å². The van der Waals surface area contributed by atoms with Crippen LogP contribution in [0.1, 0.15) is 35.2 Å². The van der Waals surface area contributed by atoms with Crippen LogP contribution in [0.4, 0.5) is 5.69 Å². The van der Waals surface area contributed by atoms with Gasteiger partial charge < -0.3 is 16.0 Å². The minimum Gasteiger partial charge on any atom is -0.351 e. The highest BCUT2D eigenvalue weighted by atomic mass is 16.2. The summed E-state index contributed by atoms with van der Waals surface area (Å²) in [7, 11) is 0. The lowest BCUT2D eigenvalue weighted by Gasteiger charge is -2.22. The van der Waals surface area contributed by atoms with Crippen molar-refractivity contribution in [1.82, 2.24) is 15.6 Å². The highest BCUT2D eigenvalue weighted by Crippen LogP contribution is 2.13. The minimum atomic E-state index is -0.185. The molecule has 1 fully saturated rings. The van der Waals surface area contributed by atoms with Crippen LogP contribution in [-0.4, -0.2) is 29.4 Å². The Labute approximate surface area is 147 Å². The summed E-state index contributed by atoms with van der Waals surface area (Å²) < 4.78 is 0. The van der Waals surface area contributed by atoms with E-state index in [4.69, 9.17) is 0 Å². The number of amides is 2. The maximum Gasteiger partial charge on any atom is 0.255 e. The standard InChI is InChI=1S/C19H22N4O2/c24-18(15-7-10-20-11-8-15)23-16-5-3-4-14(12-16)13-22-19(25)17-6-1-2-9-21-17/h3-5,7-8,10-12,17,21H,1-2,6,9,13H2,(H,22,25)(H,23,24)/t17-/m1/s1. The number of aromatic nitrogens is 1. The van der Waals surface area contributed by atoms with Gasteiger partial charge in [-0.3, -0.25) is 14.6 Å². The van der Waals surface area contributed by atoms with Gasteiger partial charge in [0, 0.05) is 30.2 Å². The average molecular weight is 338 g/mol. The average Bonchev–Trinajstić information content (AvgIpc) is 2.68. The Bertz CT molecular complexity index is 727. The van der Waals surface area contributed by atoms with E-state index in [0.29, 0.717) is 17.8 Å². The third kappa shape index (κ3) is 4.87. The van der Waals surface area contributed by atoms with Crippen molar-refractivity contribution < 1.29 is 9.59 Å². The van der Waals surface area contributed by atoms with E-state index in [0.717, 1.165) is 31.4 Å². The molecule has 0 bridgehead atoms. The fraction of sp³-hybridized carbons (Fsp3) is 0.316. The predicted octanol–water partition coefficient (Wildman–Crippen LogP) is 2.09. The number of rotatable bonds is 5. The molecule has 3 N–H and O–H groups in total. The van der Waals surface area contributed by atoms with Gasteiger partial charge in [-0.25, -0.2) is 0 Å². The van der Waals surface area contributed by atoms with E-state index in [1.807, 2.05) is 24.3 Å². The number of hydrogen-bond acceptors (Lipinski definition) is 4. The molecule has 1 aromatic carbocycles. The van der Waals surface area contributed by atoms with Gasteiger partial charge in [0.2, 0.25) is 5.91 Å². The maximum absolute atomic E-state index is 12.2. The molecule has 1 aromatic heterocycles. The summed E-state index contributed by atoms with van der Waals surface area (Å²) in [4.78, 5) is 28.3. The fourth-order valence-corrected chi connectivity index (χ4v) is 2.85. The Kier molecular flexibility index (Phi) is 5.74. The number of piperidine rings is 1. The molecular weight excluding hydrogens is 316 g/mol. The first kappa shape index (κ1) is 17.1. The molecule has 25 heavy (non-hydrogen) atoms. The number of benzene rings is 1. The molecule has 6 nitrogen and oxygen atoms in total. The van der Waals surface area contributed by atoms with E-state index >= 15 is 0 Å². The van der Waals surface area contributed by atoms with Gasteiger partial charge in [0.05, 0.1) is 6.04 Å². The molecule has 6 heteroatoms. The third-order valence-corrected chi connectivity index (χ3v) is 4.22. The Hall–Kier alpha value is -2.73. The van der Waals surface area contributed by atoms with Crippen LogP contribution in [0.3, 0.4) is 0 Å². The molecule has 0 spiro atoms. The van der Waals surface area contributed by atoms with Crippen molar-refractivity contribution >= 4 is 17.5 Å². The summed E-state index contributed by atoms with van der Waals surface area (Å²) in [5.41, 5.74) is 2.19. The highest BCUT2D eigenvalue weighted by Gasteiger charge is 2.19. The number of nitrogens with zero attached hydrogens (tertiary/aromatic N) is 1. The van der Waals surface area contributed by atoms with Gasteiger partial charge in [-0.05, 0) is 49.2 Å². The summed E-state index contributed by atoms with van der Waals surface area (Å²) >= 11 is 0. The predicted molar refractivity (Wildman–Crippen MR) is 96.1 cm³/mol. The fourth-order valence-electron chi connectivity index (χ4n) is 2.85. The Balaban J connectivity index is 1.56. The highest BCUT2D eigenvalue weighted by molar-refractivity contribution is 6.04. The lowest BCUT2D eigenvalue weighted by Crippen LogP contribution is -2.46. The van der Waals surface area contributed by atoms with Gasteiger partial charge >= 0.3 is 0 Å². The molecule has 0 radical (unpaired) electrons. The summed E-state index contributed by atoms with van der Waals surface area (Å²) in [5, 5.41) is 9.05. The van der Waals surface area contributed by atoms with Crippen LogP contribution in [-0.2, 0) is 11.3 Å². The number of anilines is 1. The number of pyridine rings is 1. The Morgan fingerprint density at radius 2 is 2.00 bits per heavy atom. The lowest BCUT2D eigenvalue weighted by molar-refractivity contribution is -0.123. The summed E-state index contributed by atoms with van der Waals surface area (Å²) in [6, 6.07) is 10.7. The summed E-state index contributed by atoms with van der Waals surface area (Å²) in [6.45, 7) is 1.34. The lowest BCUT2D eigenvalue weighted by atomic mass is 10.0. The van der Waals surface area contributed by atoms with Crippen molar-refractivity contribution in [3.8, 4) is 0 Å². The van der Waals surface area contributed by atoms with E-state index < -0.39 is 0 Å². The molecule has 1 aliphatic heterocycles. The largest absolute Gasteiger partial charge is 0.351 e. The second-order valence-corrected chi connectivity index (χ2v) is 6.11. The van der Waals surface area contributed by atoms with Gasteiger partial charge in [-0.15, -0.1) is 0 Å². The molecule has 0 unspecified atom stereocenters. The molecule has 3 rings (SSSR count). The molecule has 1 atom stereocenters. The normalized spacial score (nSPS) is 16.9. The maximum atomic E-state index is 12.2. The summed E-state index contributed by atoms with van der Waals surface area (Å²) in [6.07, 6.45) is 6.26. The Morgan fingerprint density at radius 1 is 1.16 bits per heavy atom. The monoisotopic (exact) mass is 338 g/mol. The van der Waals surface area contributed by atoms with Crippen LogP contribution in [0, 0.1) is 0 Å². The van der Waals surface area contributed by atoms with Crippen LogP contribution in [0.15, 0.2) is 48.8 Å². The smallest absolute Gasteiger partial charge is 0.255 e. The van der Waals surface area contributed by atoms with Gasteiger partial charge in [0.1, 0.15) is 0 Å². The minimum absolute atomic E-state index is 0.0333. The topological polar surface area (TPSA) is 83.1 Å². The SMILES string of the molecule is O=C(Nc1cccc(CNC(=O)[C@H]2CCCCN2)c1)c1ccncc1. The van der Waals surface area contributed by atoms with Gasteiger partial charge in [0.25, 0.3) is 5.91 Å². The Morgan fingerprint density at radius 3 is 2.76 bits per heavy atom. The van der Waals surface area contributed by atoms with E-state index in [9.17, 15) is 9.59 Å². The van der Waals surface area contributed by atoms with Crippen LogP contribution < -0.4 is 16.0 Å². The van der Waals surface area contributed by atoms with Crippen molar-refractivity contribution in [2.75, 3.05) is 11.9 Å². The first-order chi connectivity index (χ1) is 12.2. The number of carbonyl (C=O) groups excluding carboxylic acids is 2. The zero-order valence-corrected chi connectivity index (χ0v) is 14.0. The quantitative estimate of drug-likeness (QED) is 0.779. The molecule has 2 aromatic rings. The van der Waals surface area contributed by atoms with Crippen LogP contribution in [0.5, 0.6) is 0 Å². The zero-order chi connectivity index (χ0) is 17.5. The summed E-state index contributed by atoms with van der Waals surface area (Å²) in [5.74, 6) is -0.152. The molecule has 130 valence electrons. The second kappa shape index (κ2) is 8.39. The van der Waals surface area contributed by atoms with E-state index in [1.165, 1.54) is 0 Å². The van der Waals surface area contributed by atoms with E-state index in [-0.39, 0.29) is 17.9 Å². The van der Waals surface area contributed by atoms with Crippen molar-refractivity contribution in [2.24, 2.45) is 0 Å². The third-order valence-electron chi connectivity index (χ3n) is 4.22. The molecule has 1 aliphatic rings. The molecule has 0 saturated carbocycles. The first-order valence-corrected chi connectivity index (χ1v) is 8.54. The molecule has 2 heterocycles. The van der Waals surface area contributed by atoms with Crippen molar-refractivity contribution in [3.05, 3.63) is 59.9 Å². The molecule has 1 saturated heterocycles.